The van der Waals surface area contributed by atoms with E-state index in [0.29, 0.717) is 21.9 Å². The molecule has 9 nitrogen and oxygen atoms in total. The highest BCUT2D eigenvalue weighted by Crippen LogP contribution is 2.42. The Labute approximate surface area is 182 Å². The van der Waals surface area contributed by atoms with Gasteiger partial charge in [0.1, 0.15) is 17.9 Å². The minimum atomic E-state index is -4.19. The summed E-state index contributed by atoms with van der Waals surface area (Å²) in [5, 5.41) is 20.1. The number of pyridine rings is 1. The van der Waals surface area contributed by atoms with E-state index in [9.17, 15) is 23.5 Å². The summed E-state index contributed by atoms with van der Waals surface area (Å²) in [5.74, 6) is -0.551. The summed E-state index contributed by atoms with van der Waals surface area (Å²) in [7, 11) is -2.73. The number of hydrogen-bond acceptors (Lipinski definition) is 8. The first-order valence-electron chi connectivity index (χ1n) is 9.18. The van der Waals surface area contributed by atoms with Gasteiger partial charge in [0.05, 0.1) is 22.6 Å². The predicted molar refractivity (Wildman–Crippen MR) is 112 cm³/mol. The molecule has 1 aromatic carbocycles. The van der Waals surface area contributed by atoms with E-state index < -0.39 is 28.1 Å². The van der Waals surface area contributed by atoms with Gasteiger partial charge in [-0.25, -0.2) is 13.9 Å². The van der Waals surface area contributed by atoms with Crippen LogP contribution in [0.2, 0.25) is 0 Å². The average Bonchev–Trinajstić information content (AvgIpc) is 3.24. The topological polar surface area (TPSA) is 129 Å². The minimum Gasteiger partial charge on any atom is -0.497 e. The van der Waals surface area contributed by atoms with Crippen LogP contribution in [0.4, 0.5) is 0 Å². The van der Waals surface area contributed by atoms with Crippen LogP contribution in [0.15, 0.2) is 59.6 Å². The number of carbonyl (C=O) groups excluding carboxylic acids is 1. The Morgan fingerprint density at radius 3 is 2.61 bits per heavy atom. The molecule has 3 heterocycles. The second-order valence-corrected chi connectivity index (χ2v) is 9.78. The minimum absolute atomic E-state index is 0.0696. The molecule has 2 atom stereocenters. The number of amides is 1. The van der Waals surface area contributed by atoms with E-state index in [1.165, 1.54) is 48.2 Å². The van der Waals surface area contributed by atoms with Crippen molar-refractivity contribution in [3.05, 3.63) is 65.2 Å². The van der Waals surface area contributed by atoms with Gasteiger partial charge in [0.25, 0.3) is 5.91 Å². The number of rotatable bonds is 5. The average molecular weight is 462 g/mol. The Hall–Kier alpha value is -2.83. The molecule has 31 heavy (non-hydrogen) atoms. The summed E-state index contributed by atoms with van der Waals surface area (Å²) >= 11 is 1.23. The van der Waals surface area contributed by atoms with Crippen LogP contribution in [-0.4, -0.2) is 47.1 Å². The third-order valence-electron chi connectivity index (χ3n) is 5.01. The highest BCUT2D eigenvalue weighted by atomic mass is 32.2. The van der Waals surface area contributed by atoms with E-state index in [1.807, 2.05) is 6.07 Å². The van der Waals surface area contributed by atoms with Crippen molar-refractivity contribution in [2.45, 2.75) is 23.6 Å². The molecule has 2 aromatic heterocycles. The molecule has 3 aromatic rings. The molecule has 0 spiro atoms. The van der Waals surface area contributed by atoms with Gasteiger partial charge >= 0.3 is 0 Å². The Kier molecular flexibility index (Phi) is 5.77. The number of nitrogens with one attached hydrogen (secondary N) is 1. The van der Waals surface area contributed by atoms with Crippen LogP contribution in [0.5, 0.6) is 5.75 Å². The smallest absolute Gasteiger partial charge is 0.264 e. The summed E-state index contributed by atoms with van der Waals surface area (Å²) in [5.41, 5.74) is 2.71. The molecule has 0 saturated heterocycles. The van der Waals surface area contributed by atoms with E-state index in [0.717, 1.165) is 9.18 Å². The molecule has 1 amide bonds. The first kappa shape index (κ1) is 21.4. The Bertz CT molecular complexity index is 1200. The van der Waals surface area contributed by atoms with Gasteiger partial charge in [0.2, 0.25) is 10.0 Å². The van der Waals surface area contributed by atoms with Crippen molar-refractivity contribution in [3.63, 3.8) is 0 Å². The van der Waals surface area contributed by atoms with Crippen LogP contribution < -0.4 is 10.2 Å². The molecule has 0 saturated carbocycles. The van der Waals surface area contributed by atoms with Crippen LogP contribution in [0.25, 0.3) is 10.6 Å². The summed E-state index contributed by atoms with van der Waals surface area (Å²) in [6, 6.07) is 11.3. The highest BCUT2D eigenvalue weighted by molar-refractivity contribution is 7.89. The lowest BCUT2D eigenvalue weighted by Gasteiger charge is -2.36. The van der Waals surface area contributed by atoms with Crippen molar-refractivity contribution in [1.29, 1.82) is 0 Å². The number of hydroxylamine groups is 1. The fourth-order valence-electron chi connectivity index (χ4n) is 3.48. The van der Waals surface area contributed by atoms with Crippen LogP contribution >= 0.6 is 11.3 Å². The maximum absolute atomic E-state index is 13.4. The van der Waals surface area contributed by atoms with Crippen LogP contribution in [-0.2, 0) is 21.4 Å². The molecule has 1 aliphatic heterocycles. The summed E-state index contributed by atoms with van der Waals surface area (Å²) in [6.45, 7) is -0.151. The Morgan fingerprint density at radius 1 is 1.26 bits per heavy atom. The van der Waals surface area contributed by atoms with Crippen molar-refractivity contribution in [2.75, 3.05) is 7.11 Å². The quantitative estimate of drug-likeness (QED) is 0.391. The molecule has 11 heteroatoms. The SMILES string of the molecule is COc1ccc(S(=O)(=O)N2Cc3cc(-c4ccccn4)sc3[C@H](O)[C@@H]2C(=O)NO)cc1. The van der Waals surface area contributed by atoms with E-state index >= 15 is 0 Å². The molecular weight excluding hydrogens is 442 g/mol. The zero-order valence-corrected chi connectivity index (χ0v) is 17.9. The van der Waals surface area contributed by atoms with Crippen LogP contribution in [0.1, 0.15) is 16.5 Å². The van der Waals surface area contributed by atoms with Gasteiger partial charge in [0.15, 0.2) is 0 Å². The molecule has 0 radical (unpaired) electrons. The number of carbonyl (C=O) groups is 1. The third kappa shape index (κ3) is 3.82. The molecular formula is C20H19N3O6S2. The largest absolute Gasteiger partial charge is 0.497 e. The first-order chi connectivity index (χ1) is 14.9. The van der Waals surface area contributed by atoms with Crippen LogP contribution in [0.3, 0.4) is 0 Å². The second kappa shape index (κ2) is 8.36. The number of aromatic nitrogens is 1. The number of fused-ring (bicyclic) bond motifs is 1. The molecule has 0 bridgehead atoms. The lowest BCUT2D eigenvalue weighted by atomic mass is 10.0. The summed E-state index contributed by atoms with van der Waals surface area (Å²) in [4.78, 5) is 17.8. The number of sulfonamides is 1. The Balaban J connectivity index is 1.78. The van der Waals surface area contributed by atoms with Gasteiger partial charge in [-0.1, -0.05) is 6.07 Å². The molecule has 4 rings (SSSR count). The maximum Gasteiger partial charge on any atom is 0.264 e. The van der Waals surface area contributed by atoms with Gasteiger partial charge < -0.3 is 9.84 Å². The molecule has 0 aliphatic carbocycles. The number of aliphatic hydroxyl groups excluding tert-OH is 1. The third-order valence-corrected chi connectivity index (χ3v) is 8.12. The van der Waals surface area contributed by atoms with Gasteiger partial charge in [-0.15, -0.1) is 11.3 Å². The number of thiophene rings is 1. The number of benzene rings is 1. The van der Waals surface area contributed by atoms with Crippen molar-refractivity contribution in [1.82, 2.24) is 14.8 Å². The number of hydrogen-bond donors (Lipinski definition) is 3. The molecule has 0 fully saturated rings. The highest BCUT2D eigenvalue weighted by Gasteiger charge is 2.46. The first-order valence-corrected chi connectivity index (χ1v) is 11.4. The number of ether oxygens (including phenoxy) is 1. The Morgan fingerprint density at radius 2 is 2.00 bits per heavy atom. The van der Waals surface area contributed by atoms with Crippen molar-refractivity contribution >= 4 is 27.3 Å². The summed E-state index contributed by atoms with van der Waals surface area (Å²) in [6.07, 6.45) is 0.166. The van der Waals surface area contributed by atoms with E-state index in [1.54, 1.807) is 24.4 Å². The number of methoxy groups -OCH3 is 1. The van der Waals surface area contributed by atoms with E-state index in [-0.39, 0.29) is 11.4 Å². The zero-order chi connectivity index (χ0) is 22.2. The van der Waals surface area contributed by atoms with Gasteiger partial charge in [-0.05, 0) is 48.0 Å². The molecule has 0 unspecified atom stereocenters. The van der Waals surface area contributed by atoms with Crippen molar-refractivity contribution in [3.8, 4) is 16.3 Å². The standard InChI is InChI=1S/C20H19N3O6S2/c1-29-13-5-7-14(8-6-13)31(27,28)23-11-12-10-16(15-4-2-3-9-21-15)30-19(12)18(24)17(23)20(25)22-26/h2-10,17-18,24,26H,11H2,1H3,(H,22,25)/t17-,18-/m1/s1. The molecule has 162 valence electrons. The molecule has 1 aliphatic rings. The normalized spacial score (nSPS) is 18.9. The number of aliphatic hydroxyl groups is 1. The predicted octanol–water partition coefficient (Wildman–Crippen LogP) is 1.93. The van der Waals surface area contributed by atoms with Gasteiger partial charge in [-0.2, -0.15) is 4.31 Å². The fraction of sp³-hybridized carbons (Fsp3) is 0.200. The second-order valence-electron chi connectivity index (χ2n) is 6.81. The van der Waals surface area contributed by atoms with Gasteiger partial charge in [0, 0.05) is 17.6 Å². The lowest BCUT2D eigenvalue weighted by molar-refractivity contribution is -0.137. The van der Waals surface area contributed by atoms with Crippen molar-refractivity contribution < 1.29 is 28.3 Å². The van der Waals surface area contributed by atoms with E-state index in [2.05, 4.69) is 4.98 Å². The van der Waals surface area contributed by atoms with Crippen molar-refractivity contribution in [2.24, 2.45) is 0 Å². The number of nitrogens with zero attached hydrogens (tertiary/aromatic N) is 2. The monoisotopic (exact) mass is 461 g/mol. The summed E-state index contributed by atoms with van der Waals surface area (Å²) < 4.78 is 32.7. The lowest BCUT2D eigenvalue weighted by Crippen LogP contribution is -2.53. The zero-order valence-electron chi connectivity index (χ0n) is 16.3. The van der Waals surface area contributed by atoms with E-state index in [4.69, 9.17) is 4.74 Å². The molecule has 3 N–H and O–H groups in total. The van der Waals surface area contributed by atoms with Gasteiger partial charge in [-0.3, -0.25) is 15.0 Å². The maximum atomic E-state index is 13.4. The fourth-order valence-corrected chi connectivity index (χ4v) is 6.21. The van der Waals surface area contributed by atoms with Crippen LogP contribution in [0, 0.1) is 0 Å².